The quantitative estimate of drug-likeness (QED) is 0.751. The minimum Gasteiger partial charge on any atom is -0.347 e. The van der Waals surface area contributed by atoms with Crippen LogP contribution in [0.25, 0.3) is 0 Å². The van der Waals surface area contributed by atoms with Crippen molar-refractivity contribution < 1.29 is 4.79 Å². The molecule has 3 rings (SSSR count). The van der Waals surface area contributed by atoms with Crippen molar-refractivity contribution >= 4 is 17.2 Å². The van der Waals surface area contributed by atoms with E-state index in [4.69, 9.17) is 0 Å². The van der Waals surface area contributed by atoms with Gasteiger partial charge in [-0.2, -0.15) is 0 Å². The van der Waals surface area contributed by atoms with E-state index in [2.05, 4.69) is 22.1 Å². The molecule has 1 heterocycles. The molecule has 1 N–H and O–H groups in total. The minimum atomic E-state index is -0.183. The molecule has 0 fully saturated rings. The fourth-order valence-corrected chi connectivity index (χ4v) is 2.60. The van der Waals surface area contributed by atoms with E-state index < -0.39 is 0 Å². The van der Waals surface area contributed by atoms with Crippen LogP contribution in [0, 0.1) is 11.8 Å². The van der Waals surface area contributed by atoms with Crippen molar-refractivity contribution in [2.45, 2.75) is 6.54 Å². The summed E-state index contributed by atoms with van der Waals surface area (Å²) in [6, 6.07) is 19.5. The van der Waals surface area contributed by atoms with Gasteiger partial charge in [-0.1, -0.05) is 54.5 Å². The van der Waals surface area contributed by atoms with Gasteiger partial charge < -0.3 is 5.32 Å². The van der Waals surface area contributed by atoms with Crippen LogP contribution < -0.4 is 5.32 Å². The summed E-state index contributed by atoms with van der Waals surface area (Å²) in [5.41, 5.74) is 2.39. The smallest absolute Gasteiger partial charge is 0.271 e. The molecule has 2 aromatic carbocycles. The number of carbonyl (C=O) groups is 1. The number of hydrogen-bond acceptors (Lipinski definition) is 3. The standard InChI is InChI=1S/C19H14N2OS/c22-19(20-13-16-9-5-2-6-10-16)17-14-23-18(21-17)12-11-15-7-3-1-4-8-15/h1-10,14H,13H2,(H,20,22). The summed E-state index contributed by atoms with van der Waals surface area (Å²) >= 11 is 1.37. The molecule has 1 amide bonds. The molecule has 0 aliphatic rings. The van der Waals surface area contributed by atoms with E-state index >= 15 is 0 Å². The summed E-state index contributed by atoms with van der Waals surface area (Å²) in [5, 5.41) is 5.23. The Hall–Kier alpha value is -2.90. The zero-order valence-corrected chi connectivity index (χ0v) is 13.1. The summed E-state index contributed by atoms with van der Waals surface area (Å²) in [6.07, 6.45) is 0. The lowest BCUT2D eigenvalue weighted by atomic mass is 10.2. The number of rotatable bonds is 3. The van der Waals surface area contributed by atoms with Crippen LogP contribution in [0.1, 0.15) is 26.6 Å². The van der Waals surface area contributed by atoms with E-state index in [1.54, 1.807) is 5.38 Å². The molecule has 0 bridgehead atoms. The highest BCUT2D eigenvalue weighted by Crippen LogP contribution is 2.09. The maximum Gasteiger partial charge on any atom is 0.271 e. The third kappa shape index (κ3) is 4.29. The molecule has 0 saturated carbocycles. The number of benzene rings is 2. The van der Waals surface area contributed by atoms with Crippen molar-refractivity contribution in [3.05, 3.63) is 87.9 Å². The first-order valence-electron chi connectivity index (χ1n) is 7.16. The average molecular weight is 318 g/mol. The van der Waals surface area contributed by atoms with Crippen molar-refractivity contribution in [2.75, 3.05) is 0 Å². The van der Waals surface area contributed by atoms with Gasteiger partial charge in [0, 0.05) is 17.5 Å². The second-order valence-corrected chi connectivity index (χ2v) is 5.68. The summed E-state index contributed by atoms with van der Waals surface area (Å²) in [6.45, 7) is 0.488. The molecule has 0 atom stereocenters. The lowest BCUT2D eigenvalue weighted by molar-refractivity contribution is 0.0946. The third-order valence-corrected chi connectivity index (χ3v) is 3.88. The fraction of sp³-hybridized carbons (Fsp3) is 0.0526. The summed E-state index contributed by atoms with van der Waals surface area (Å²) < 4.78 is 0. The van der Waals surface area contributed by atoms with Gasteiger partial charge in [-0.05, 0) is 23.6 Å². The van der Waals surface area contributed by atoms with E-state index in [-0.39, 0.29) is 5.91 Å². The molecule has 0 spiro atoms. The Bertz CT molecular complexity index is 845. The van der Waals surface area contributed by atoms with Gasteiger partial charge in [-0.3, -0.25) is 4.79 Å². The number of hydrogen-bond donors (Lipinski definition) is 1. The van der Waals surface area contributed by atoms with Gasteiger partial charge in [0.05, 0.1) is 0 Å². The Labute approximate surface area is 139 Å². The zero-order chi connectivity index (χ0) is 15.9. The fourth-order valence-electron chi connectivity index (χ4n) is 1.95. The maximum atomic E-state index is 12.1. The molecule has 3 aromatic rings. The van der Waals surface area contributed by atoms with Gasteiger partial charge in [-0.25, -0.2) is 4.98 Å². The van der Waals surface area contributed by atoms with Gasteiger partial charge in [0.15, 0.2) is 5.01 Å². The Morgan fingerprint density at radius 3 is 2.43 bits per heavy atom. The monoisotopic (exact) mass is 318 g/mol. The summed E-state index contributed by atoms with van der Waals surface area (Å²) in [7, 11) is 0. The van der Waals surface area contributed by atoms with Crippen LogP contribution in [0.3, 0.4) is 0 Å². The largest absolute Gasteiger partial charge is 0.347 e. The van der Waals surface area contributed by atoms with Crippen LogP contribution in [-0.4, -0.2) is 10.9 Å². The molecular formula is C19H14N2OS. The van der Waals surface area contributed by atoms with Crippen LogP contribution in [0.4, 0.5) is 0 Å². The molecule has 4 heteroatoms. The first-order valence-corrected chi connectivity index (χ1v) is 8.04. The number of carbonyl (C=O) groups excluding carboxylic acids is 1. The number of amides is 1. The second kappa shape index (κ2) is 7.39. The van der Waals surface area contributed by atoms with Crippen LogP contribution >= 0.6 is 11.3 Å². The Kier molecular flexibility index (Phi) is 4.82. The summed E-state index contributed by atoms with van der Waals surface area (Å²) in [5.74, 6) is 5.84. The lowest BCUT2D eigenvalue weighted by Crippen LogP contribution is -2.23. The Balaban J connectivity index is 1.63. The predicted octanol–water partition coefficient (Wildman–Crippen LogP) is 3.47. The number of aromatic nitrogens is 1. The lowest BCUT2D eigenvalue weighted by Gasteiger charge is -2.02. The Morgan fingerprint density at radius 2 is 1.70 bits per heavy atom. The van der Waals surface area contributed by atoms with Crippen molar-refractivity contribution in [3.63, 3.8) is 0 Å². The molecule has 0 radical (unpaired) electrons. The highest BCUT2D eigenvalue weighted by Gasteiger charge is 2.09. The van der Waals surface area contributed by atoms with E-state index in [0.717, 1.165) is 11.1 Å². The van der Waals surface area contributed by atoms with Gasteiger partial charge in [0.25, 0.3) is 5.91 Å². The van der Waals surface area contributed by atoms with Gasteiger partial charge >= 0.3 is 0 Å². The molecule has 112 valence electrons. The number of thiazole rings is 1. The van der Waals surface area contributed by atoms with Crippen molar-refractivity contribution in [1.29, 1.82) is 0 Å². The molecule has 0 aliphatic heterocycles. The minimum absolute atomic E-state index is 0.183. The first kappa shape index (κ1) is 15.0. The van der Waals surface area contributed by atoms with Crippen LogP contribution in [-0.2, 0) is 6.54 Å². The Morgan fingerprint density at radius 1 is 1.00 bits per heavy atom. The van der Waals surface area contributed by atoms with Crippen LogP contribution in [0.2, 0.25) is 0 Å². The molecule has 1 aromatic heterocycles. The van der Waals surface area contributed by atoms with Crippen molar-refractivity contribution in [2.24, 2.45) is 0 Å². The highest BCUT2D eigenvalue weighted by molar-refractivity contribution is 7.10. The molecule has 23 heavy (non-hydrogen) atoms. The van der Waals surface area contributed by atoms with Crippen LogP contribution in [0.15, 0.2) is 66.0 Å². The molecule has 0 saturated heterocycles. The van der Waals surface area contributed by atoms with E-state index in [1.807, 2.05) is 60.7 Å². The SMILES string of the molecule is O=C(NCc1ccccc1)c1csc(C#Cc2ccccc2)n1. The molecule has 0 aliphatic carbocycles. The highest BCUT2D eigenvalue weighted by atomic mass is 32.1. The zero-order valence-electron chi connectivity index (χ0n) is 12.3. The van der Waals surface area contributed by atoms with Crippen molar-refractivity contribution in [1.82, 2.24) is 10.3 Å². The van der Waals surface area contributed by atoms with E-state index in [1.165, 1.54) is 11.3 Å². The van der Waals surface area contributed by atoms with Gasteiger partial charge in [0.1, 0.15) is 5.69 Å². The first-order chi connectivity index (χ1) is 11.3. The van der Waals surface area contributed by atoms with E-state index in [9.17, 15) is 4.79 Å². The predicted molar refractivity (Wildman–Crippen MR) is 92.1 cm³/mol. The topological polar surface area (TPSA) is 42.0 Å². The second-order valence-electron chi connectivity index (χ2n) is 4.82. The maximum absolute atomic E-state index is 12.1. The average Bonchev–Trinajstić information content (AvgIpc) is 3.09. The third-order valence-electron chi connectivity index (χ3n) is 3.12. The molecule has 3 nitrogen and oxygen atoms in total. The normalized spacial score (nSPS) is 9.74. The van der Waals surface area contributed by atoms with Gasteiger partial charge in [0.2, 0.25) is 0 Å². The van der Waals surface area contributed by atoms with E-state index in [0.29, 0.717) is 17.2 Å². The summed E-state index contributed by atoms with van der Waals surface area (Å²) in [4.78, 5) is 16.4. The number of nitrogens with one attached hydrogen (secondary N) is 1. The van der Waals surface area contributed by atoms with Crippen molar-refractivity contribution in [3.8, 4) is 11.8 Å². The number of nitrogens with zero attached hydrogens (tertiary/aromatic N) is 1. The van der Waals surface area contributed by atoms with Crippen LogP contribution in [0.5, 0.6) is 0 Å². The molecule has 0 unspecified atom stereocenters. The molecular weight excluding hydrogens is 304 g/mol. The van der Waals surface area contributed by atoms with Gasteiger partial charge in [-0.15, -0.1) is 11.3 Å².